The van der Waals surface area contributed by atoms with Gasteiger partial charge in [0.25, 0.3) is 0 Å². The minimum atomic E-state index is -3.50. The molecule has 1 rings (SSSR count). The van der Waals surface area contributed by atoms with E-state index >= 15 is 0 Å². The van der Waals surface area contributed by atoms with Crippen LogP contribution in [0.2, 0.25) is 0 Å². The lowest BCUT2D eigenvalue weighted by molar-refractivity contribution is -0.123. The monoisotopic (exact) mass is 264 g/mol. The Bertz CT molecular complexity index is 349. The minimum Gasteiger partial charge on any atom is -0.394 e. The van der Waals surface area contributed by atoms with Crippen molar-refractivity contribution in [3.8, 4) is 0 Å². The number of sulfonamides is 1. The lowest BCUT2D eigenvalue weighted by Crippen LogP contribution is -2.49. The van der Waals surface area contributed by atoms with Gasteiger partial charge in [-0.05, 0) is 18.8 Å². The Kier molecular flexibility index (Phi) is 5.35. The molecule has 6 nitrogen and oxygen atoms in total. The Morgan fingerprint density at radius 2 is 2.00 bits per heavy atom. The van der Waals surface area contributed by atoms with E-state index in [1.807, 2.05) is 0 Å². The van der Waals surface area contributed by atoms with Gasteiger partial charge in [-0.1, -0.05) is 12.8 Å². The van der Waals surface area contributed by atoms with Crippen LogP contribution in [0.4, 0.5) is 0 Å². The van der Waals surface area contributed by atoms with Gasteiger partial charge in [0, 0.05) is 7.05 Å². The van der Waals surface area contributed by atoms with E-state index in [4.69, 9.17) is 5.11 Å². The molecule has 1 aliphatic carbocycles. The van der Waals surface area contributed by atoms with E-state index in [1.54, 1.807) is 0 Å². The number of carbonyl (C=O) groups excluding carboxylic acids is 1. The fourth-order valence-electron chi connectivity index (χ4n) is 2.10. The van der Waals surface area contributed by atoms with E-state index in [9.17, 15) is 13.2 Å². The second-order valence-electron chi connectivity index (χ2n) is 4.40. The summed E-state index contributed by atoms with van der Waals surface area (Å²) < 4.78 is 25.8. The second kappa shape index (κ2) is 6.32. The normalized spacial score (nSPS) is 19.2. The highest BCUT2D eigenvalue weighted by atomic mass is 32.2. The van der Waals surface area contributed by atoms with E-state index in [-0.39, 0.29) is 11.7 Å². The van der Waals surface area contributed by atoms with Crippen molar-refractivity contribution in [1.29, 1.82) is 0 Å². The summed E-state index contributed by atoms with van der Waals surface area (Å²) in [7, 11) is -2.10. The maximum atomic E-state index is 11.8. The number of carbonyl (C=O) groups is 1. The van der Waals surface area contributed by atoms with Gasteiger partial charge in [0.05, 0.1) is 12.4 Å². The van der Waals surface area contributed by atoms with E-state index in [1.165, 1.54) is 7.05 Å². The van der Waals surface area contributed by atoms with Gasteiger partial charge in [-0.3, -0.25) is 4.79 Å². The molecule has 1 fully saturated rings. The summed E-state index contributed by atoms with van der Waals surface area (Å²) in [5, 5.41) is 11.3. The maximum Gasteiger partial charge on any atom is 0.240 e. The zero-order chi connectivity index (χ0) is 12.9. The van der Waals surface area contributed by atoms with Gasteiger partial charge >= 0.3 is 0 Å². The first kappa shape index (κ1) is 14.4. The fourth-order valence-corrected chi connectivity index (χ4v) is 3.77. The molecule has 7 heteroatoms. The molecule has 1 unspecified atom stereocenters. The number of rotatable bonds is 6. The van der Waals surface area contributed by atoms with E-state index in [2.05, 4.69) is 10.0 Å². The third-order valence-electron chi connectivity index (χ3n) is 3.00. The average molecular weight is 264 g/mol. The quantitative estimate of drug-likeness (QED) is 0.585. The van der Waals surface area contributed by atoms with Gasteiger partial charge in [-0.25, -0.2) is 13.1 Å². The van der Waals surface area contributed by atoms with Crippen LogP contribution in [0, 0.1) is 5.92 Å². The molecule has 17 heavy (non-hydrogen) atoms. The number of hydrogen-bond donors (Lipinski definition) is 3. The molecule has 0 saturated heterocycles. The number of amides is 1. The van der Waals surface area contributed by atoms with Crippen molar-refractivity contribution in [2.75, 3.05) is 19.4 Å². The van der Waals surface area contributed by atoms with Gasteiger partial charge in [0.1, 0.15) is 6.04 Å². The van der Waals surface area contributed by atoms with Gasteiger partial charge in [0.15, 0.2) is 0 Å². The van der Waals surface area contributed by atoms with Crippen LogP contribution in [-0.4, -0.2) is 44.9 Å². The number of nitrogens with one attached hydrogen (secondary N) is 2. The van der Waals surface area contributed by atoms with Crippen molar-refractivity contribution in [1.82, 2.24) is 10.0 Å². The standard InChI is InChI=1S/C10H20N2O4S/c1-11-10(14)9(6-13)12-17(15,16)7-8-4-2-3-5-8/h8-9,12-13H,2-7H2,1H3,(H,11,14). The number of hydrogen-bond acceptors (Lipinski definition) is 4. The molecular formula is C10H20N2O4S. The molecule has 0 spiro atoms. The Labute approximate surface area is 102 Å². The molecule has 0 aliphatic heterocycles. The lowest BCUT2D eigenvalue weighted by atomic mass is 10.1. The zero-order valence-corrected chi connectivity index (χ0v) is 10.8. The smallest absolute Gasteiger partial charge is 0.240 e. The summed E-state index contributed by atoms with van der Waals surface area (Å²) >= 11 is 0. The zero-order valence-electron chi connectivity index (χ0n) is 9.98. The highest BCUT2D eigenvalue weighted by molar-refractivity contribution is 7.89. The van der Waals surface area contributed by atoms with Gasteiger partial charge in [0.2, 0.25) is 15.9 Å². The van der Waals surface area contributed by atoms with Crippen molar-refractivity contribution in [3.63, 3.8) is 0 Å². The summed E-state index contributed by atoms with van der Waals surface area (Å²) in [6.45, 7) is -0.538. The van der Waals surface area contributed by atoms with Crippen molar-refractivity contribution >= 4 is 15.9 Å². The van der Waals surface area contributed by atoms with Crippen LogP contribution in [0.5, 0.6) is 0 Å². The summed E-state index contributed by atoms with van der Waals surface area (Å²) in [5.41, 5.74) is 0. The van der Waals surface area contributed by atoms with Crippen molar-refractivity contribution in [3.05, 3.63) is 0 Å². The second-order valence-corrected chi connectivity index (χ2v) is 6.20. The SMILES string of the molecule is CNC(=O)C(CO)NS(=O)(=O)CC1CCCC1. The van der Waals surface area contributed by atoms with Crippen molar-refractivity contribution in [2.45, 2.75) is 31.7 Å². The van der Waals surface area contributed by atoms with Crippen LogP contribution < -0.4 is 10.0 Å². The lowest BCUT2D eigenvalue weighted by Gasteiger charge is -2.16. The molecule has 0 heterocycles. The van der Waals surface area contributed by atoms with Gasteiger partial charge < -0.3 is 10.4 Å². The van der Waals surface area contributed by atoms with Crippen LogP contribution in [0.1, 0.15) is 25.7 Å². The van der Waals surface area contributed by atoms with Crippen molar-refractivity contribution in [2.24, 2.45) is 5.92 Å². The van der Waals surface area contributed by atoms with E-state index in [0.717, 1.165) is 25.7 Å². The first-order valence-electron chi connectivity index (χ1n) is 5.81. The number of likely N-dealkylation sites (N-methyl/N-ethyl adjacent to an activating group) is 1. The van der Waals surface area contributed by atoms with E-state index < -0.39 is 28.6 Å². The Hall–Kier alpha value is -0.660. The van der Waals surface area contributed by atoms with Crippen LogP contribution in [0.3, 0.4) is 0 Å². The van der Waals surface area contributed by atoms with Crippen molar-refractivity contribution < 1.29 is 18.3 Å². The Morgan fingerprint density at radius 1 is 1.41 bits per heavy atom. The molecule has 0 aromatic heterocycles. The Balaban J connectivity index is 2.54. The highest BCUT2D eigenvalue weighted by Gasteiger charge is 2.27. The number of aliphatic hydroxyl groups excluding tert-OH is 1. The predicted molar refractivity (Wildman–Crippen MR) is 63.8 cm³/mol. The van der Waals surface area contributed by atoms with Crippen LogP contribution in [-0.2, 0) is 14.8 Å². The summed E-state index contributed by atoms with van der Waals surface area (Å²) in [6.07, 6.45) is 3.98. The van der Waals surface area contributed by atoms with Crippen LogP contribution in [0.25, 0.3) is 0 Å². The first-order chi connectivity index (χ1) is 7.98. The molecule has 0 aromatic rings. The molecule has 1 amide bonds. The molecule has 0 radical (unpaired) electrons. The third-order valence-corrected chi connectivity index (χ3v) is 4.55. The molecule has 100 valence electrons. The first-order valence-corrected chi connectivity index (χ1v) is 7.46. The predicted octanol–water partition coefficient (Wildman–Crippen LogP) is -0.797. The van der Waals surface area contributed by atoms with Crippen LogP contribution in [0.15, 0.2) is 0 Å². The summed E-state index contributed by atoms with van der Waals surface area (Å²) in [4.78, 5) is 11.3. The topological polar surface area (TPSA) is 95.5 Å². The molecule has 3 N–H and O–H groups in total. The molecule has 0 bridgehead atoms. The van der Waals surface area contributed by atoms with Gasteiger partial charge in [-0.15, -0.1) is 0 Å². The third kappa shape index (κ3) is 4.61. The highest BCUT2D eigenvalue weighted by Crippen LogP contribution is 2.25. The summed E-state index contributed by atoms with van der Waals surface area (Å²) in [5.74, 6) is -0.306. The molecule has 1 saturated carbocycles. The molecular weight excluding hydrogens is 244 g/mol. The summed E-state index contributed by atoms with van der Waals surface area (Å²) in [6, 6.07) is -1.09. The number of aliphatic hydroxyl groups is 1. The molecule has 1 aliphatic rings. The largest absolute Gasteiger partial charge is 0.394 e. The van der Waals surface area contributed by atoms with E-state index in [0.29, 0.717) is 0 Å². The fraction of sp³-hybridized carbons (Fsp3) is 0.900. The average Bonchev–Trinajstić information content (AvgIpc) is 2.76. The molecule has 1 atom stereocenters. The van der Waals surface area contributed by atoms with Crippen LogP contribution >= 0.6 is 0 Å². The molecule has 0 aromatic carbocycles. The Morgan fingerprint density at radius 3 is 2.47 bits per heavy atom. The maximum absolute atomic E-state index is 11.8. The minimum absolute atomic E-state index is 0.0422. The van der Waals surface area contributed by atoms with Gasteiger partial charge in [-0.2, -0.15) is 0 Å².